The fourth-order valence-corrected chi connectivity index (χ4v) is 2.73. The summed E-state index contributed by atoms with van der Waals surface area (Å²) in [4.78, 5) is 4.42. The summed E-state index contributed by atoms with van der Waals surface area (Å²) in [5, 5.41) is 0.584. The minimum absolute atomic E-state index is 0.354. The highest BCUT2D eigenvalue weighted by molar-refractivity contribution is 9.10. The average molecular weight is 400 g/mol. The van der Waals surface area contributed by atoms with Gasteiger partial charge in [0.05, 0.1) is 10.2 Å². The molecule has 0 amide bonds. The van der Waals surface area contributed by atoms with Crippen LogP contribution in [0.3, 0.4) is 0 Å². The molecular formula is C14H9Br2FN2O. The molecule has 0 aliphatic carbocycles. The molecule has 3 rings (SSSR count). The lowest BCUT2D eigenvalue weighted by atomic mass is 10.3. The molecule has 0 N–H and O–H groups in total. The number of halogens is 3. The minimum Gasteiger partial charge on any atom is -0.436 e. The third-order valence-corrected chi connectivity index (χ3v) is 4.00. The first-order valence-corrected chi connectivity index (χ1v) is 7.75. The van der Waals surface area contributed by atoms with E-state index in [0.29, 0.717) is 21.4 Å². The molecule has 2 heterocycles. The van der Waals surface area contributed by atoms with Gasteiger partial charge in [-0.1, -0.05) is 22.0 Å². The summed E-state index contributed by atoms with van der Waals surface area (Å²) in [7, 11) is 0. The molecule has 2 aromatic heterocycles. The van der Waals surface area contributed by atoms with E-state index in [0.717, 1.165) is 11.3 Å². The fraction of sp³-hybridized carbons (Fsp3) is 0.0714. The number of rotatable bonds is 3. The van der Waals surface area contributed by atoms with Gasteiger partial charge in [0.15, 0.2) is 0 Å². The van der Waals surface area contributed by atoms with Gasteiger partial charge in [-0.3, -0.25) is 4.40 Å². The van der Waals surface area contributed by atoms with E-state index < -0.39 is 0 Å². The maximum Gasteiger partial charge on any atom is 0.242 e. The smallest absolute Gasteiger partial charge is 0.242 e. The van der Waals surface area contributed by atoms with Crippen LogP contribution >= 0.6 is 31.9 Å². The summed E-state index contributed by atoms with van der Waals surface area (Å²) in [6.45, 7) is 0. The molecule has 102 valence electrons. The SMILES string of the molecule is Fc1ccc(Br)c(Oc2nc3ccccn3c2CBr)c1. The van der Waals surface area contributed by atoms with Crippen LogP contribution in [0.15, 0.2) is 47.1 Å². The largest absolute Gasteiger partial charge is 0.436 e. The van der Waals surface area contributed by atoms with Crippen molar-refractivity contribution in [3.63, 3.8) is 0 Å². The monoisotopic (exact) mass is 398 g/mol. The van der Waals surface area contributed by atoms with Gasteiger partial charge in [-0.2, -0.15) is 4.98 Å². The zero-order valence-corrected chi connectivity index (χ0v) is 13.4. The number of alkyl halides is 1. The molecule has 0 saturated carbocycles. The summed E-state index contributed by atoms with van der Waals surface area (Å²) < 4.78 is 21.7. The second-order valence-electron chi connectivity index (χ2n) is 4.10. The van der Waals surface area contributed by atoms with Crippen LogP contribution in [0, 0.1) is 5.82 Å². The number of aromatic nitrogens is 2. The summed E-state index contributed by atoms with van der Waals surface area (Å²) in [5.74, 6) is 0.502. The lowest BCUT2D eigenvalue weighted by Gasteiger charge is -2.06. The van der Waals surface area contributed by atoms with Gasteiger partial charge < -0.3 is 4.74 Å². The van der Waals surface area contributed by atoms with Crippen LogP contribution in [0.2, 0.25) is 0 Å². The van der Waals surface area contributed by atoms with Gasteiger partial charge >= 0.3 is 0 Å². The Balaban J connectivity index is 2.08. The number of hydrogen-bond donors (Lipinski definition) is 0. The van der Waals surface area contributed by atoms with Crippen LogP contribution in [0.25, 0.3) is 5.65 Å². The van der Waals surface area contributed by atoms with E-state index in [4.69, 9.17) is 4.74 Å². The Morgan fingerprint density at radius 1 is 1.25 bits per heavy atom. The number of benzene rings is 1. The molecule has 3 nitrogen and oxygen atoms in total. The minimum atomic E-state index is -0.354. The Morgan fingerprint density at radius 3 is 2.90 bits per heavy atom. The van der Waals surface area contributed by atoms with Gasteiger partial charge in [0, 0.05) is 17.6 Å². The molecule has 3 aromatic rings. The van der Waals surface area contributed by atoms with Crippen LogP contribution in [0.4, 0.5) is 4.39 Å². The molecule has 20 heavy (non-hydrogen) atoms. The van der Waals surface area contributed by atoms with Crippen molar-refractivity contribution in [2.75, 3.05) is 0 Å². The Morgan fingerprint density at radius 2 is 2.10 bits per heavy atom. The van der Waals surface area contributed by atoms with Crippen LogP contribution in [-0.2, 0) is 5.33 Å². The summed E-state index contributed by atoms with van der Waals surface area (Å²) in [6.07, 6.45) is 1.91. The zero-order valence-electron chi connectivity index (χ0n) is 10.2. The van der Waals surface area contributed by atoms with Crippen molar-refractivity contribution in [3.05, 3.63) is 58.6 Å². The Hall–Kier alpha value is -1.40. The van der Waals surface area contributed by atoms with Gasteiger partial charge in [0.25, 0.3) is 0 Å². The van der Waals surface area contributed by atoms with Gasteiger partial charge in [0.2, 0.25) is 5.88 Å². The molecule has 0 aliphatic heterocycles. The molecule has 1 aromatic carbocycles. The van der Waals surface area contributed by atoms with E-state index in [1.807, 2.05) is 28.8 Å². The summed E-state index contributed by atoms with van der Waals surface area (Å²) in [5.41, 5.74) is 1.65. The number of fused-ring (bicyclic) bond motifs is 1. The third-order valence-electron chi connectivity index (χ3n) is 2.82. The van der Waals surface area contributed by atoms with E-state index in [1.54, 1.807) is 6.07 Å². The summed E-state index contributed by atoms with van der Waals surface area (Å²) in [6, 6.07) is 10.0. The number of pyridine rings is 1. The molecule has 0 spiro atoms. The van der Waals surface area contributed by atoms with E-state index in [1.165, 1.54) is 12.1 Å². The molecule has 0 radical (unpaired) electrons. The highest BCUT2D eigenvalue weighted by atomic mass is 79.9. The number of nitrogens with zero attached hydrogens (tertiary/aromatic N) is 2. The Kier molecular flexibility index (Phi) is 3.76. The first-order chi connectivity index (χ1) is 9.69. The molecule has 6 heteroatoms. The van der Waals surface area contributed by atoms with Gasteiger partial charge in [0.1, 0.15) is 17.2 Å². The van der Waals surface area contributed by atoms with Crippen molar-refractivity contribution < 1.29 is 9.13 Å². The maximum atomic E-state index is 13.3. The predicted octanol–water partition coefficient (Wildman–Crippen LogP) is 4.92. The first-order valence-electron chi connectivity index (χ1n) is 5.84. The molecule has 0 atom stereocenters. The average Bonchev–Trinajstić information content (AvgIpc) is 2.80. The van der Waals surface area contributed by atoms with E-state index in [-0.39, 0.29) is 5.82 Å². The summed E-state index contributed by atoms with van der Waals surface area (Å²) >= 11 is 6.77. The molecule has 0 aliphatic rings. The Labute approximate surface area is 131 Å². The van der Waals surface area contributed by atoms with Crippen LogP contribution in [0.5, 0.6) is 11.6 Å². The number of ether oxygens (including phenoxy) is 1. The van der Waals surface area contributed by atoms with Crippen molar-refractivity contribution in [2.24, 2.45) is 0 Å². The highest BCUT2D eigenvalue weighted by Crippen LogP contribution is 2.32. The molecule has 0 saturated heterocycles. The number of imidazole rings is 1. The lowest BCUT2D eigenvalue weighted by Crippen LogP contribution is -1.92. The lowest BCUT2D eigenvalue weighted by molar-refractivity contribution is 0.454. The zero-order chi connectivity index (χ0) is 14.1. The molecular weight excluding hydrogens is 391 g/mol. The van der Waals surface area contributed by atoms with Gasteiger partial charge in [-0.15, -0.1) is 0 Å². The highest BCUT2D eigenvalue weighted by Gasteiger charge is 2.14. The molecule has 0 bridgehead atoms. The topological polar surface area (TPSA) is 26.5 Å². The van der Waals surface area contributed by atoms with Crippen molar-refractivity contribution in [3.8, 4) is 11.6 Å². The van der Waals surface area contributed by atoms with Crippen molar-refractivity contribution >= 4 is 37.5 Å². The second-order valence-corrected chi connectivity index (χ2v) is 5.52. The van der Waals surface area contributed by atoms with Gasteiger partial charge in [-0.25, -0.2) is 4.39 Å². The quantitative estimate of drug-likeness (QED) is 0.584. The molecule has 0 unspecified atom stereocenters. The third kappa shape index (κ3) is 2.45. The normalized spacial score (nSPS) is 10.9. The van der Waals surface area contributed by atoms with Gasteiger partial charge in [-0.05, 0) is 40.2 Å². The van der Waals surface area contributed by atoms with E-state index in [9.17, 15) is 4.39 Å². The predicted molar refractivity (Wildman–Crippen MR) is 82.0 cm³/mol. The van der Waals surface area contributed by atoms with E-state index in [2.05, 4.69) is 36.8 Å². The Bertz CT molecular complexity index is 773. The molecule has 0 fully saturated rings. The first kappa shape index (κ1) is 13.6. The second kappa shape index (κ2) is 5.54. The number of hydrogen-bond acceptors (Lipinski definition) is 2. The standard InChI is InChI=1S/C14H9Br2FN2O/c15-8-11-14(18-13-3-1-2-6-19(11)13)20-12-7-9(17)4-5-10(12)16/h1-7H,8H2. The van der Waals surface area contributed by atoms with Crippen molar-refractivity contribution in [1.82, 2.24) is 9.38 Å². The van der Waals surface area contributed by atoms with Crippen molar-refractivity contribution in [2.45, 2.75) is 5.33 Å². The van der Waals surface area contributed by atoms with E-state index >= 15 is 0 Å². The van der Waals surface area contributed by atoms with Crippen LogP contribution < -0.4 is 4.74 Å². The fourth-order valence-electron chi connectivity index (χ4n) is 1.89. The van der Waals surface area contributed by atoms with Crippen LogP contribution in [-0.4, -0.2) is 9.38 Å². The van der Waals surface area contributed by atoms with Crippen molar-refractivity contribution in [1.29, 1.82) is 0 Å². The van der Waals surface area contributed by atoms with Crippen LogP contribution in [0.1, 0.15) is 5.69 Å². The maximum absolute atomic E-state index is 13.3.